The number of rotatable bonds is 5. The van der Waals surface area contributed by atoms with Crippen LogP contribution in [0.2, 0.25) is 0 Å². The van der Waals surface area contributed by atoms with Crippen LogP contribution in [0.1, 0.15) is 25.3 Å². The SMILES string of the molecule is CCCCSc1nnc2n(-c3ccc(C)cc3)c(=O)c3ccccc3n12. The Balaban J connectivity index is 2.03. The van der Waals surface area contributed by atoms with Gasteiger partial charge in [0.15, 0.2) is 5.16 Å². The fourth-order valence-electron chi connectivity index (χ4n) is 3.01. The number of aryl methyl sites for hydroxylation is 1. The highest BCUT2D eigenvalue weighted by Gasteiger charge is 2.17. The fourth-order valence-corrected chi connectivity index (χ4v) is 4.03. The van der Waals surface area contributed by atoms with Gasteiger partial charge in [0.2, 0.25) is 5.78 Å². The number of thioether (sulfide) groups is 1. The van der Waals surface area contributed by atoms with E-state index in [4.69, 9.17) is 0 Å². The van der Waals surface area contributed by atoms with Gasteiger partial charge in [-0.2, -0.15) is 0 Å². The summed E-state index contributed by atoms with van der Waals surface area (Å²) in [6, 6.07) is 15.6. The predicted molar refractivity (Wildman–Crippen MR) is 106 cm³/mol. The lowest BCUT2D eigenvalue weighted by molar-refractivity contribution is 0.883. The third-order valence-electron chi connectivity index (χ3n) is 4.42. The first-order valence-corrected chi connectivity index (χ1v) is 9.78. The molecule has 26 heavy (non-hydrogen) atoms. The van der Waals surface area contributed by atoms with Gasteiger partial charge >= 0.3 is 0 Å². The van der Waals surface area contributed by atoms with Gasteiger partial charge in [0, 0.05) is 5.75 Å². The van der Waals surface area contributed by atoms with Crippen molar-refractivity contribution in [3.05, 3.63) is 64.4 Å². The van der Waals surface area contributed by atoms with E-state index in [1.807, 2.05) is 59.9 Å². The molecule has 5 nitrogen and oxygen atoms in total. The second-order valence-corrected chi connectivity index (χ2v) is 7.38. The molecule has 4 aromatic rings. The van der Waals surface area contributed by atoms with Crippen LogP contribution in [0.5, 0.6) is 0 Å². The van der Waals surface area contributed by atoms with E-state index >= 15 is 0 Å². The van der Waals surface area contributed by atoms with Crippen molar-refractivity contribution in [1.82, 2.24) is 19.2 Å². The Morgan fingerprint density at radius 3 is 2.58 bits per heavy atom. The molecule has 0 saturated carbocycles. The summed E-state index contributed by atoms with van der Waals surface area (Å²) in [5.74, 6) is 1.53. The Kier molecular flexibility index (Phi) is 4.51. The molecule has 0 aliphatic heterocycles. The summed E-state index contributed by atoms with van der Waals surface area (Å²) in [5.41, 5.74) is 2.72. The maximum absolute atomic E-state index is 13.2. The van der Waals surface area contributed by atoms with E-state index in [-0.39, 0.29) is 5.56 Å². The summed E-state index contributed by atoms with van der Waals surface area (Å²) in [6.45, 7) is 4.20. The second kappa shape index (κ2) is 6.96. The van der Waals surface area contributed by atoms with Gasteiger partial charge in [-0.1, -0.05) is 54.9 Å². The van der Waals surface area contributed by atoms with Gasteiger partial charge in [-0.25, -0.2) is 4.57 Å². The summed E-state index contributed by atoms with van der Waals surface area (Å²) in [6.07, 6.45) is 2.26. The second-order valence-electron chi connectivity index (χ2n) is 6.31. The molecule has 0 bridgehead atoms. The van der Waals surface area contributed by atoms with Crippen molar-refractivity contribution >= 4 is 28.4 Å². The maximum Gasteiger partial charge on any atom is 0.267 e. The number of hydrogen-bond donors (Lipinski definition) is 0. The zero-order valence-electron chi connectivity index (χ0n) is 14.8. The van der Waals surface area contributed by atoms with Gasteiger partial charge in [0.05, 0.1) is 16.6 Å². The Hall–Kier alpha value is -2.60. The first kappa shape index (κ1) is 16.8. The summed E-state index contributed by atoms with van der Waals surface area (Å²) < 4.78 is 3.65. The quantitative estimate of drug-likeness (QED) is 0.393. The first-order chi connectivity index (χ1) is 12.7. The molecule has 132 valence electrons. The molecule has 2 aromatic carbocycles. The van der Waals surface area contributed by atoms with Crippen LogP contribution >= 0.6 is 11.8 Å². The van der Waals surface area contributed by atoms with E-state index in [1.165, 1.54) is 0 Å². The van der Waals surface area contributed by atoms with E-state index in [0.29, 0.717) is 11.2 Å². The minimum atomic E-state index is -0.0746. The van der Waals surface area contributed by atoms with E-state index in [1.54, 1.807) is 16.3 Å². The van der Waals surface area contributed by atoms with Crippen LogP contribution in [0.15, 0.2) is 58.5 Å². The molecule has 0 atom stereocenters. The van der Waals surface area contributed by atoms with Crippen molar-refractivity contribution in [2.45, 2.75) is 31.8 Å². The molecular formula is C20H20N4OS. The van der Waals surface area contributed by atoms with Gasteiger partial charge in [-0.3, -0.25) is 9.20 Å². The molecule has 2 heterocycles. The standard InChI is InChI=1S/C20H20N4OS/c1-3-4-13-26-20-22-21-19-23(15-11-9-14(2)10-12-15)18(25)16-7-5-6-8-17(16)24(19)20/h5-12H,3-4,13H2,1-2H3. The summed E-state index contributed by atoms with van der Waals surface area (Å²) in [4.78, 5) is 13.2. The molecule has 4 rings (SSSR count). The highest BCUT2D eigenvalue weighted by atomic mass is 32.2. The van der Waals surface area contributed by atoms with Crippen LogP contribution in [0.3, 0.4) is 0 Å². The highest BCUT2D eigenvalue weighted by Crippen LogP contribution is 2.23. The van der Waals surface area contributed by atoms with Crippen molar-refractivity contribution in [3.8, 4) is 5.69 Å². The molecule has 0 aliphatic carbocycles. The lowest BCUT2D eigenvalue weighted by atomic mass is 10.2. The van der Waals surface area contributed by atoms with Gasteiger partial charge < -0.3 is 0 Å². The third kappa shape index (κ3) is 2.80. The van der Waals surface area contributed by atoms with Gasteiger partial charge in [0.25, 0.3) is 5.56 Å². The molecule has 0 saturated heterocycles. The predicted octanol–water partition coefficient (Wildman–Crippen LogP) is 4.23. The van der Waals surface area contributed by atoms with E-state index in [0.717, 1.165) is 40.5 Å². The largest absolute Gasteiger partial charge is 0.268 e. The molecule has 2 aromatic heterocycles. The number of aromatic nitrogens is 4. The molecule has 0 unspecified atom stereocenters. The third-order valence-corrected chi connectivity index (χ3v) is 5.43. The fraction of sp³-hybridized carbons (Fsp3) is 0.250. The molecule has 0 amide bonds. The van der Waals surface area contributed by atoms with Gasteiger partial charge in [0.1, 0.15) is 0 Å². The minimum absolute atomic E-state index is 0.0746. The van der Waals surface area contributed by atoms with Crippen LogP contribution in [0.4, 0.5) is 0 Å². The van der Waals surface area contributed by atoms with Crippen LogP contribution in [-0.4, -0.2) is 24.9 Å². The summed E-state index contributed by atoms with van der Waals surface area (Å²) in [5, 5.41) is 10.2. The average molecular weight is 364 g/mol. The molecule has 0 spiro atoms. The average Bonchev–Trinajstić information content (AvgIpc) is 3.07. The summed E-state index contributed by atoms with van der Waals surface area (Å²) in [7, 11) is 0. The normalized spacial score (nSPS) is 11.5. The number of para-hydroxylation sites is 1. The van der Waals surface area contributed by atoms with Crippen LogP contribution in [-0.2, 0) is 0 Å². The van der Waals surface area contributed by atoms with Crippen molar-refractivity contribution in [3.63, 3.8) is 0 Å². The molecule has 0 fully saturated rings. The van der Waals surface area contributed by atoms with Gasteiger partial charge in [-0.15, -0.1) is 10.2 Å². The zero-order chi connectivity index (χ0) is 18.1. The van der Waals surface area contributed by atoms with Crippen molar-refractivity contribution in [1.29, 1.82) is 0 Å². The topological polar surface area (TPSA) is 52.2 Å². The zero-order valence-corrected chi connectivity index (χ0v) is 15.7. The van der Waals surface area contributed by atoms with Crippen molar-refractivity contribution in [2.75, 3.05) is 5.75 Å². The number of unbranched alkanes of at least 4 members (excludes halogenated alkanes) is 1. The van der Waals surface area contributed by atoms with E-state index in [2.05, 4.69) is 17.1 Å². The van der Waals surface area contributed by atoms with Crippen molar-refractivity contribution < 1.29 is 0 Å². The molecule has 6 heteroatoms. The Morgan fingerprint density at radius 1 is 1.04 bits per heavy atom. The van der Waals surface area contributed by atoms with Crippen LogP contribution in [0, 0.1) is 6.92 Å². The van der Waals surface area contributed by atoms with Crippen LogP contribution in [0.25, 0.3) is 22.4 Å². The summed E-state index contributed by atoms with van der Waals surface area (Å²) >= 11 is 1.68. The Morgan fingerprint density at radius 2 is 1.81 bits per heavy atom. The Labute approximate surface area is 155 Å². The maximum atomic E-state index is 13.2. The number of benzene rings is 2. The Bertz CT molecular complexity index is 1130. The molecule has 0 radical (unpaired) electrons. The lowest BCUT2D eigenvalue weighted by Gasteiger charge is -2.11. The molecular weight excluding hydrogens is 344 g/mol. The molecule has 0 N–H and O–H groups in total. The van der Waals surface area contributed by atoms with Crippen LogP contribution < -0.4 is 5.56 Å². The van der Waals surface area contributed by atoms with Crippen molar-refractivity contribution in [2.24, 2.45) is 0 Å². The molecule has 0 aliphatic rings. The first-order valence-electron chi connectivity index (χ1n) is 8.79. The monoisotopic (exact) mass is 364 g/mol. The van der Waals surface area contributed by atoms with E-state index < -0.39 is 0 Å². The minimum Gasteiger partial charge on any atom is -0.268 e. The lowest BCUT2D eigenvalue weighted by Crippen LogP contribution is -2.21. The smallest absolute Gasteiger partial charge is 0.267 e. The van der Waals surface area contributed by atoms with Gasteiger partial charge in [-0.05, 0) is 37.6 Å². The highest BCUT2D eigenvalue weighted by molar-refractivity contribution is 7.99. The number of fused-ring (bicyclic) bond motifs is 3. The number of nitrogens with zero attached hydrogens (tertiary/aromatic N) is 4. The number of hydrogen-bond acceptors (Lipinski definition) is 4. The van der Waals surface area contributed by atoms with E-state index in [9.17, 15) is 4.79 Å².